The molecule has 1 aromatic carbocycles. The number of ether oxygens (including phenoxy) is 1. The van der Waals surface area contributed by atoms with Crippen LogP contribution in [-0.2, 0) is 9.53 Å². The molecule has 2 N–H and O–H groups in total. The van der Waals surface area contributed by atoms with E-state index in [1.54, 1.807) is 25.3 Å². The average molecular weight is 354 g/mol. The number of hydrogen-bond donors (Lipinski definition) is 2. The first-order valence-corrected chi connectivity index (χ1v) is 7.29. The fourth-order valence-electron chi connectivity index (χ4n) is 2.46. The van der Waals surface area contributed by atoms with Gasteiger partial charge in [-0.15, -0.1) is 12.4 Å². The van der Waals surface area contributed by atoms with Gasteiger partial charge in [-0.2, -0.15) is 0 Å². The summed E-state index contributed by atoms with van der Waals surface area (Å²) in [4.78, 5) is 12.6. The Labute approximate surface area is 140 Å². The summed E-state index contributed by atoms with van der Waals surface area (Å²) in [6.07, 6.45) is 1.52. The summed E-state index contributed by atoms with van der Waals surface area (Å²) in [5.74, 6) is -0.0285. The SMILES string of the molecule is COCC1(C(=O)Nc2ccc(Cl)c(Cl)c2)CCNCC1.Cl. The molecule has 1 aliphatic heterocycles. The fourth-order valence-corrected chi connectivity index (χ4v) is 2.75. The summed E-state index contributed by atoms with van der Waals surface area (Å²) in [6, 6.07) is 5.07. The standard InChI is InChI=1S/C14H18Cl2N2O2.ClH/c1-20-9-14(4-6-17-7-5-14)13(19)18-10-2-3-11(15)12(16)8-10;/h2-3,8,17H,4-7,9H2,1H3,(H,18,19);1H. The molecule has 4 nitrogen and oxygen atoms in total. The number of rotatable bonds is 4. The molecule has 1 amide bonds. The van der Waals surface area contributed by atoms with Crippen molar-refractivity contribution in [2.24, 2.45) is 5.41 Å². The Balaban J connectivity index is 0.00000220. The third-order valence-electron chi connectivity index (χ3n) is 3.64. The Morgan fingerprint density at radius 3 is 2.57 bits per heavy atom. The number of methoxy groups -OCH3 is 1. The van der Waals surface area contributed by atoms with Gasteiger partial charge in [-0.25, -0.2) is 0 Å². The molecular weight excluding hydrogens is 335 g/mol. The van der Waals surface area contributed by atoms with Crippen molar-refractivity contribution in [3.63, 3.8) is 0 Å². The van der Waals surface area contributed by atoms with E-state index >= 15 is 0 Å². The molecule has 2 rings (SSSR count). The van der Waals surface area contributed by atoms with Gasteiger partial charge >= 0.3 is 0 Å². The Morgan fingerprint density at radius 1 is 1.33 bits per heavy atom. The van der Waals surface area contributed by atoms with E-state index in [4.69, 9.17) is 27.9 Å². The summed E-state index contributed by atoms with van der Waals surface area (Å²) in [5, 5.41) is 7.07. The third-order valence-corrected chi connectivity index (χ3v) is 4.38. The first-order chi connectivity index (χ1) is 9.57. The number of hydrogen-bond acceptors (Lipinski definition) is 3. The van der Waals surface area contributed by atoms with Gasteiger partial charge < -0.3 is 15.4 Å². The molecule has 0 radical (unpaired) electrons. The lowest BCUT2D eigenvalue weighted by Crippen LogP contribution is -2.47. The van der Waals surface area contributed by atoms with Crippen LogP contribution in [0.4, 0.5) is 5.69 Å². The number of piperidine rings is 1. The average Bonchev–Trinajstić information content (AvgIpc) is 2.44. The van der Waals surface area contributed by atoms with Crippen molar-refractivity contribution in [1.82, 2.24) is 5.32 Å². The van der Waals surface area contributed by atoms with Gasteiger partial charge in [0.1, 0.15) is 0 Å². The lowest BCUT2D eigenvalue weighted by Gasteiger charge is -2.35. The number of amides is 1. The highest BCUT2D eigenvalue weighted by Crippen LogP contribution is 2.32. The van der Waals surface area contributed by atoms with Crippen LogP contribution in [0, 0.1) is 5.41 Å². The first-order valence-electron chi connectivity index (χ1n) is 6.53. The van der Waals surface area contributed by atoms with Crippen molar-refractivity contribution in [1.29, 1.82) is 0 Å². The Bertz CT molecular complexity index is 486. The summed E-state index contributed by atoms with van der Waals surface area (Å²) in [5.41, 5.74) is 0.171. The minimum atomic E-state index is -0.480. The highest BCUT2D eigenvalue weighted by Gasteiger charge is 2.39. The van der Waals surface area contributed by atoms with Crippen molar-refractivity contribution >= 4 is 47.2 Å². The quantitative estimate of drug-likeness (QED) is 0.872. The molecule has 1 saturated heterocycles. The molecule has 7 heteroatoms. The Morgan fingerprint density at radius 2 is 2.00 bits per heavy atom. The summed E-state index contributed by atoms with van der Waals surface area (Å²) >= 11 is 11.8. The molecule has 0 aliphatic carbocycles. The zero-order chi connectivity index (χ0) is 14.6. The number of carbonyl (C=O) groups excluding carboxylic acids is 1. The van der Waals surface area contributed by atoms with Gasteiger partial charge in [0.15, 0.2) is 0 Å². The number of halogens is 3. The van der Waals surface area contributed by atoms with E-state index in [0.29, 0.717) is 22.3 Å². The number of nitrogens with one attached hydrogen (secondary N) is 2. The second-order valence-electron chi connectivity index (χ2n) is 5.05. The van der Waals surface area contributed by atoms with Gasteiger partial charge in [-0.1, -0.05) is 23.2 Å². The van der Waals surface area contributed by atoms with E-state index in [1.165, 1.54) is 0 Å². The predicted molar refractivity (Wildman–Crippen MR) is 88.8 cm³/mol. The molecule has 118 valence electrons. The molecule has 1 aromatic rings. The van der Waals surface area contributed by atoms with E-state index in [0.717, 1.165) is 25.9 Å². The monoisotopic (exact) mass is 352 g/mol. The molecule has 0 unspecified atom stereocenters. The largest absolute Gasteiger partial charge is 0.384 e. The molecule has 21 heavy (non-hydrogen) atoms. The lowest BCUT2D eigenvalue weighted by atomic mass is 9.78. The Hall–Kier alpha value is -0.520. The van der Waals surface area contributed by atoms with Crippen molar-refractivity contribution < 1.29 is 9.53 Å². The maximum atomic E-state index is 12.6. The maximum absolute atomic E-state index is 12.6. The summed E-state index contributed by atoms with van der Waals surface area (Å²) < 4.78 is 5.25. The van der Waals surface area contributed by atoms with Crippen LogP contribution in [0.1, 0.15) is 12.8 Å². The van der Waals surface area contributed by atoms with Gasteiger partial charge in [0.25, 0.3) is 0 Å². The molecule has 1 aliphatic rings. The number of carbonyl (C=O) groups is 1. The molecule has 0 atom stereocenters. The smallest absolute Gasteiger partial charge is 0.233 e. The van der Waals surface area contributed by atoms with Crippen LogP contribution in [0.5, 0.6) is 0 Å². The molecule has 1 fully saturated rings. The molecule has 0 bridgehead atoms. The molecule has 0 saturated carbocycles. The zero-order valence-electron chi connectivity index (χ0n) is 11.7. The van der Waals surface area contributed by atoms with Gasteiger partial charge in [0.2, 0.25) is 5.91 Å². The van der Waals surface area contributed by atoms with Gasteiger partial charge in [0.05, 0.1) is 22.1 Å². The molecule has 1 heterocycles. The van der Waals surface area contributed by atoms with Crippen molar-refractivity contribution in [2.45, 2.75) is 12.8 Å². The molecule has 0 spiro atoms. The second kappa shape index (κ2) is 8.20. The number of anilines is 1. The summed E-state index contributed by atoms with van der Waals surface area (Å²) in [7, 11) is 1.62. The van der Waals surface area contributed by atoms with Gasteiger partial charge in [-0.05, 0) is 44.1 Å². The highest BCUT2D eigenvalue weighted by atomic mass is 35.5. The molecule has 0 aromatic heterocycles. The van der Waals surface area contributed by atoms with Crippen LogP contribution >= 0.6 is 35.6 Å². The van der Waals surface area contributed by atoms with E-state index in [9.17, 15) is 4.79 Å². The van der Waals surface area contributed by atoms with Crippen LogP contribution in [0.15, 0.2) is 18.2 Å². The zero-order valence-corrected chi connectivity index (χ0v) is 14.1. The Kier molecular flexibility index (Phi) is 7.24. The minimum Gasteiger partial charge on any atom is -0.384 e. The maximum Gasteiger partial charge on any atom is 0.233 e. The number of benzene rings is 1. The van der Waals surface area contributed by atoms with E-state index in [-0.39, 0.29) is 18.3 Å². The topological polar surface area (TPSA) is 50.4 Å². The third kappa shape index (κ3) is 4.47. The van der Waals surface area contributed by atoms with Crippen LogP contribution in [0.25, 0.3) is 0 Å². The van der Waals surface area contributed by atoms with E-state index in [1.807, 2.05) is 0 Å². The highest BCUT2D eigenvalue weighted by molar-refractivity contribution is 6.42. The van der Waals surface area contributed by atoms with Gasteiger partial charge in [-0.3, -0.25) is 4.79 Å². The van der Waals surface area contributed by atoms with E-state index in [2.05, 4.69) is 10.6 Å². The van der Waals surface area contributed by atoms with E-state index < -0.39 is 5.41 Å². The second-order valence-corrected chi connectivity index (χ2v) is 5.86. The molecular formula is C14H19Cl3N2O2. The van der Waals surface area contributed by atoms with Crippen LogP contribution in [0.2, 0.25) is 10.0 Å². The fraction of sp³-hybridized carbons (Fsp3) is 0.500. The van der Waals surface area contributed by atoms with Crippen molar-refractivity contribution in [3.8, 4) is 0 Å². The van der Waals surface area contributed by atoms with Crippen LogP contribution < -0.4 is 10.6 Å². The lowest BCUT2D eigenvalue weighted by molar-refractivity contribution is -0.130. The van der Waals surface area contributed by atoms with Crippen molar-refractivity contribution in [2.75, 3.05) is 32.1 Å². The van der Waals surface area contributed by atoms with Crippen LogP contribution in [0.3, 0.4) is 0 Å². The summed E-state index contributed by atoms with van der Waals surface area (Å²) in [6.45, 7) is 2.05. The first kappa shape index (κ1) is 18.5. The van der Waals surface area contributed by atoms with Gasteiger partial charge in [0, 0.05) is 12.8 Å². The predicted octanol–water partition coefficient (Wildman–Crippen LogP) is 3.37. The van der Waals surface area contributed by atoms with Crippen LogP contribution in [-0.4, -0.2) is 32.7 Å². The normalized spacial score (nSPS) is 16.9. The van der Waals surface area contributed by atoms with Crippen molar-refractivity contribution in [3.05, 3.63) is 28.2 Å². The minimum absolute atomic E-state index is 0.